The fraction of sp³-hybridized carbons (Fsp3) is 0.333. The topological polar surface area (TPSA) is 59.4 Å². The summed E-state index contributed by atoms with van der Waals surface area (Å²) in [4.78, 5) is 14.6. The van der Waals surface area contributed by atoms with Crippen LogP contribution < -0.4 is 4.74 Å². The normalized spacial score (nSPS) is 12.2. The van der Waals surface area contributed by atoms with Gasteiger partial charge in [-0.1, -0.05) is 11.6 Å². The van der Waals surface area contributed by atoms with Crippen molar-refractivity contribution in [3.05, 3.63) is 22.8 Å². The van der Waals surface area contributed by atoms with Crippen molar-refractivity contribution in [3.8, 4) is 5.88 Å². The molecule has 14 heavy (non-hydrogen) atoms. The van der Waals surface area contributed by atoms with Crippen molar-refractivity contribution in [2.75, 3.05) is 7.11 Å². The molecular formula is C9H10ClNO3. The third kappa shape index (κ3) is 2.14. The Bertz CT molecular complexity index is 354. The number of rotatable bonds is 3. The lowest BCUT2D eigenvalue weighted by molar-refractivity contribution is -0.138. The van der Waals surface area contributed by atoms with Crippen LogP contribution in [0.4, 0.5) is 0 Å². The molecule has 0 aliphatic heterocycles. The largest absolute Gasteiger partial charge is 0.481 e. The molecule has 1 heterocycles. The van der Waals surface area contributed by atoms with Crippen LogP contribution in [0.1, 0.15) is 18.4 Å². The Kier molecular flexibility index (Phi) is 3.30. The van der Waals surface area contributed by atoms with Crippen molar-refractivity contribution < 1.29 is 14.6 Å². The lowest BCUT2D eigenvalue weighted by atomic mass is 10.0. The Hall–Kier alpha value is -1.29. The molecule has 0 bridgehead atoms. The maximum Gasteiger partial charge on any atom is 0.310 e. The zero-order valence-electron chi connectivity index (χ0n) is 7.82. The summed E-state index contributed by atoms with van der Waals surface area (Å²) in [6.45, 7) is 1.57. The van der Waals surface area contributed by atoms with E-state index in [0.29, 0.717) is 5.56 Å². The van der Waals surface area contributed by atoms with E-state index < -0.39 is 11.9 Å². The average molecular weight is 216 g/mol. The minimum atomic E-state index is -0.924. The van der Waals surface area contributed by atoms with Gasteiger partial charge in [0.15, 0.2) is 0 Å². The fourth-order valence-electron chi connectivity index (χ4n) is 1.05. The molecule has 5 heteroatoms. The summed E-state index contributed by atoms with van der Waals surface area (Å²) in [5.41, 5.74) is 0.518. The molecule has 0 radical (unpaired) electrons. The summed E-state index contributed by atoms with van der Waals surface area (Å²) < 4.78 is 4.94. The van der Waals surface area contributed by atoms with Crippen molar-refractivity contribution in [1.29, 1.82) is 0 Å². The highest BCUT2D eigenvalue weighted by molar-refractivity contribution is 6.29. The van der Waals surface area contributed by atoms with Crippen molar-refractivity contribution in [3.63, 3.8) is 0 Å². The molecule has 1 unspecified atom stereocenters. The van der Waals surface area contributed by atoms with Crippen LogP contribution in [0.15, 0.2) is 12.1 Å². The van der Waals surface area contributed by atoms with Gasteiger partial charge < -0.3 is 9.84 Å². The number of methoxy groups -OCH3 is 1. The molecule has 0 amide bonds. The Morgan fingerprint density at radius 1 is 1.64 bits per heavy atom. The third-order valence-electron chi connectivity index (χ3n) is 1.89. The van der Waals surface area contributed by atoms with Gasteiger partial charge in [-0.05, 0) is 19.1 Å². The zero-order valence-corrected chi connectivity index (χ0v) is 8.58. The third-order valence-corrected chi connectivity index (χ3v) is 2.10. The monoisotopic (exact) mass is 215 g/mol. The molecular weight excluding hydrogens is 206 g/mol. The number of carboxylic acid groups (broad SMARTS) is 1. The van der Waals surface area contributed by atoms with Gasteiger partial charge in [0.25, 0.3) is 0 Å². The number of aromatic nitrogens is 1. The quantitative estimate of drug-likeness (QED) is 0.783. The Labute approximate surface area is 86.5 Å². The van der Waals surface area contributed by atoms with Gasteiger partial charge in [-0.15, -0.1) is 0 Å². The minimum absolute atomic E-state index is 0.257. The molecule has 0 aliphatic carbocycles. The van der Waals surface area contributed by atoms with Crippen LogP contribution in [0, 0.1) is 0 Å². The highest BCUT2D eigenvalue weighted by Crippen LogP contribution is 2.26. The van der Waals surface area contributed by atoms with Crippen molar-refractivity contribution in [1.82, 2.24) is 4.98 Å². The van der Waals surface area contributed by atoms with E-state index in [1.165, 1.54) is 7.11 Å². The summed E-state index contributed by atoms with van der Waals surface area (Å²) in [6.07, 6.45) is 0. The first-order chi connectivity index (χ1) is 6.56. The van der Waals surface area contributed by atoms with E-state index in [4.69, 9.17) is 21.4 Å². The molecule has 76 valence electrons. The number of nitrogens with zero attached hydrogens (tertiary/aromatic N) is 1. The first-order valence-corrected chi connectivity index (χ1v) is 4.37. The van der Waals surface area contributed by atoms with Gasteiger partial charge in [0.05, 0.1) is 13.0 Å². The highest BCUT2D eigenvalue weighted by atomic mass is 35.5. The van der Waals surface area contributed by atoms with Gasteiger partial charge in [0, 0.05) is 5.56 Å². The number of carbonyl (C=O) groups is 1. The fourth-order valence-corrected chi connectivity index (χ4v) is 1.19. The molecule has 1 rings (SSSR count). The van der Waals surface area contributed by atoms with Crippen LogP contribution in [0.3, 0.4) is 0 Å². The van der Waals surface area contributed by atoms with Crippen molar-refractivity contribution in [2.45, 2.75) is 12.8 Å². The predicted octanol–water partition coefficient (Wildman–Crippen LogP) is 1.93. The van der Waals surface area contributed by atoms with Gasteiger partial charge in [-0.25, -0.2) is 4.98 Å². The van der Waals surface area contributed by atoms with Crippen LogP contribution >= 0.6 is 11.6 Å². The molecule has 0 saturated carbocycles. The summed E-state index contributed by atoms with van der Waals surface area (Å²) in [6, 6.07) is 3.14. The number of carboxylic acids is 1. The summed E-state index contributed by atoms with van der Waals surface area (Å²) in [7, 11) is 1.43. The number of halogens is 1. The van der Waals surface area contributed by atoms with Crippen LogP contribution in [0.5, 0.6) is 5.88 Å². The molecule has 0 aliphatic rings. The van der Waals surface area contributed by atoms with Gasteiger partial charge in [-0.3, -0.25) is 4.79 Å². The standard InChI is InChI=1S/C9H10ClNO3/c1-5(9(12)13)6-3-4-7(10)11-8(6)14-2/h3-5H,1-2H3,(H,12,13). The van der Waals surface area contributed by atoms with Gasteiger partial charge in [0.2, 0.25) is 5.88 Å². The van der Waals surface area contributed by atoms with E-state index in [1.54, 1.807) is 19.1 Å². The number of ether oxygens (including phenoxy) is 1. The van der Waals surface area contributed by atoms with E-state index in [2.05, 4.69) is 4.98 Å². The van der Waals surface area contributed by atoms with Gasteiger partial charge in [-0.2, -0.15) is 0 Å². The van der Waals surface area contributed by atoms with E-state index in [0.717, 1.165) is 0 Å². The van der Waals surface area contributed by atoms with Crippen LogP contribution in [-0.2, 0) is 4.79 Å². The number of pyridine rings is 1. The second-order valence-electron chi connectivity index (χ2n) is 2.79. The van der Waals surface area contributed by atoms with Crippen molar-refractivity contribution >= 4 is 17.6 Å². The minimum Gasteiger partial charge on any atom is -0.481 e. The molecule has 1 atom stereocenters. The molecule has 0 aromatic carbocycles. The lowest BCUT2D eigenvalue weighted by Crippen LogP contribution is -2.09. The first kappa shape index (κ1) is 10.8. The molecule has 0 fully saturated rings. The summed E-state index contributed by atoms with van der Waals surface area (Å²) in [5, 5.41) is 9.09. The number of hydrogen-bond acceptors (Lipinski definition) is 3. The molecule has 1 aromatic heterocycles. The SMILES string of the molecule is COc1nc(Cl)ccc1C(C)C(=O)O. The molecule has 1 N–H and O–H groups in total. The number of hydrogen-bond donors (Lipinski definition) is 1. The number of aliphatic carboxylic acids is 1. The van der Waals surface area contributed by atoms with E-state index >= 15 is 0 Å². The Morgan fingerprint density at radius 3 is 2.79 bits per heavy atom. The van der Waals surface area contributed by atoms with Gasteiger partial charge in [0.1, 0.15) is 5.15 Å². The Balaban J connectivity index is 3.13. The van der Waals surface area contributed by atoms with E-state index in [1.807, 2.05) is 0 Å². The molecule has 1 aromatic rings. The Morgan fingerprint density at radius 2 is 2.29 bits per heavy atom. The second kappa shape index (κ2) is 4.28. The maximum absolute atomic E-state index is 10.7. The van der Waals surface area contributed by atoms with Crippen LogP contribution in [0.25, 0.3) is 0 Å². The van der Waals surface area contributed by atoms with E-state index in [9.17, 15) is 4.79 Å². The van der Waals surface area contributed by atoms with Crippen LogP contribution in [-0.4, -0.2) is 23.2 Å². The van der Waals surface area contributed by atoms with Gasteiger partial charge >= 0.3 is 5.97 Å². The zero-order chi connectivity index (χ0) is 10.7. The second-order valence-corrected chi connectivity index (χ2v) is 3.18. The average Bonchev–Trinajstić information content (AvgIpc) is 2.16. The first-order valence-electron chi connectivity index (χ1n) is 3.99. The van der Waals surface area contributed by atoms with Crippen LogP contribution in [0.2, 0.25) is 5.15 Å². The lowest BCUT2D eigenvalue weighted by Gasteiger charge is -2.10. The smallest absolute Gasteiger partial charge is 0.310 e. The molecule has 4 nitrogen and oxygen atoms in total. The summed E-state index contributed by atoms with van der Waals surface area (Å²) >= 11 is 5.64. The highest BCUT2D eigenvalue weighted by Gasteiger charge is 2.19. The summed E-state index contributed by atoms with van der Waals surface area (Å²) in [5.74, 6) is -1.32. The maximum atomic E-state index is 10.7. The predicted molar refractivity (Wildman–Crippen MR) is 51.8 cm³/mol. The molecule has 0 spiro atoms. The van der Waals surface area contributed by atoms with E-state index in [-0.39, 0.29) is 11.0 Å². The molecule has 0 saturated heterocycles. The van der Waals surface area contributed by atoms with Crippen molar-refractivity contribution in [2.24, 2.45) is 0 Å².